The first-order valence-corrected chi connectivity index (χ1v) is 7.52. The summed E-state index contributed by atoms with van der Waals surface area (Å²) in [5, 5.41) is 9.04. The molecule has 1 aliphatic carbocycles. The number of carboxylic acids is 1. The number of hydrogen-bond donors (Lipinski definition) is 2. The normalized spacial score (nSPS) is 27.0. The Morgan fingerprint density at radius 3 is 2.38 bits per heavy atom. The maximum atomic E-state index is 11.7. The van der Waals surface area contributed by atoms with Crippen LogP contribution < -0.4 is 5.73 Å². The number of aliphatic carboxylic acids is 1. The Kier molecular flexibility index (Phi) is 4.78. The predicted molar refractivity (Wildman–Crippen MR) is 81.2 cm³/mol. The lowest BCUT2D eigenvalue weighted by molar-refractivity contribution is -0.138. The molecule has 1 saturated carbocycles. The summed E-state index contributed by atoms with van der Waals surface area (Å²) in [6, 6.07) is 7.47. The lowest BCUT2D eigenvalue weighted by atomic mass is 9.67. The second-order valence-corrected chi connectivity index (χ2v) is 6.14. The number of carbonyl (C=O) groups is 2. The molecule has 114 valence electrons. The first-order chi connectivity index (χ1) is 10.0. The van der Waals surface area contributed by atoms with Crippen molar-refractivity contribution in [3.8, 4) is 0 Å². The van der Waals surface area contributed by atoms with Crippen molar-refractivity contribution in [2.75, 3.05) is 6.54 Å². The molecule has 21 heavy (non-hydrogen) atoms. The minimum atomic E-state index is -0.837. The van der Waals surface area contributed by atoms with Crippen LogP contribution in [0.2, 0.25) is 0 Å². The minimum absolute atomic E-state index is 0.420. The third kappa shape index (κ3) is 3.16. The van der Waals surface area contributed by atoms with Gasteiger partial charge in [-0.15, -0.1) is 0 Å². The second-order valence-electron chi connectivity index (χ2n) is 6.14. The van der Waals surface area contributed by atoms with Gasteiger partial charge < -0.3 is 15.6 Å². The van der Waals surface area contributed by atoms with Crippen molar-refractivity contribution in [2.24, 2.45) is 11.7 Å². The summed E-state index contributed by atoms with van der Waals surface area (Å²) in [5.74, 6) is -0.847. The highest BCUT2D eigenvalue weighted by Crippen LogP contribution is 2.40. The van der Waals surface area contributed by atoms with Gasteiger partial charge in [0, 0.05) is 0 Å². The van der Waals surface area contributed by atoms with E-state index < -0.39 is 17.3 Å². The minimum Gasteiger partial charge on any atom is -0.481 e. The van der Waals surface area contributed by atoms with Crippen LogP contribution in [0.4, 0.5) is 0 Å². The van der Waals surface area contributed by atoms with Crippen LogP contribution in [0, 0.1) is 5.92 Å². The third-order valence-electron chi connectivity index (χ3n) is 4.91. The molecule has 4 nitrogen and oxygen atoms in total. The Morgan fingerprint density at radius 2 is 1.95 bits per heavy atom. The Bertz CT molecular complexity index is 501. The summed E-state index contributed by atoms with van der Waals surface area (Å²) in [6.07, 6.45) is 4.67. The molecule has 0 amide bonds. The highest BCUT2D eigenvalue weighted by Gasteiger charge is 2.36. The van der Waals surface area contributed by atoms with E-state index in [2.05, 4.69) is 0 Å². The Balaban J connectivity index is 2.20. The van der Waals surface area contributed by atoms with Crippen LogP contribution in [0.15, 0.2) is 24.3 Å². The maximum Gasteiger partial charge on any atom is 0.310 e. The average Bonchev–Trinajstić information content (AvgIpc) is 2.54. The molecule has 3 N–H and O–H groups in total. The highest BCUT2D eigenvalue weighted by atomic mass is 16.4. The first kappa shape index (κ1) is 15.7. The topological polar surface area (TPSA) is 80.4 Å². The van der Waals surface area contributed by atoms with Gasteiger partial charge in [-0.3, -0.25) is 4.79 Å². The SMILES string of the molecule is CC(C(=O)O)c1ccc(C2(C=O)CCC(CN)CC2)cc1. The van der Waals surface area contributed by atoms with E-state index in [9.17, 15) is 9.59 Å². The van der Waals surface area contributed by atoms with Crippen molar-refractivity contribution < 1.29 is 14.7 Å². The summed E-state index contributed by atoms with van der Waals surface area (Å²) in [4.78, 5) is 22.7. The van der Waals surface area contributed by atoms with Gasteiger partial charge in [-0.05, 0) is 56.2 Å². The van der Waals surface area contributed by atoms with Crippen LogP contribution in [-0.2, 0) is 15.0 Å². The lowest BCUT2D eigenvalue weighted by Gasteiger charge is -2.36. The first-order valence-electron chi connectivity index (χ1n) is 7.52. The van der Waals surface area contributed by atoms with Crippen LogP contribution in [-0.4, -0.2) is 23.9 Å². The molecule has 1 aromatic rings. The van der Waals surface area contributed by atoms with Crippen molar-refractivity contribution in [1.82, 2.24) is 0 Å². The summed E-state index contributed by atoms with van der Waals surface area (Å²) >= 11 is 0. The molecule has 2 rings (SSSR count). The summed E-state index contributed by atoms with van der Waals surface area (Å²) in [7, 11) is 0. The quantitative estimate of drug-likeness (QED) is 0.816. The van der Waals surface area contributed by atoms with E-state index in [-0.39, 0.29) is 0 Å². The molecular weight excluding hydrogens is 266 g/mol. The van der Waals surface area contributed by atoms with Gasteiger partial charge in [0.15, 0.2) is 0 Å². The maximum absolute atomic E-state index is 11.7. The Labute approximate surface area is 125 Å². The molecule has 0 spiro atoms. The van der Waals surface area contributed by atoms with E-state index in [1.807, 2.05) is 24.3 Å². The summed E-state index contributed by atoms with van der Waals surface area (Å²) in [6.45, 7) is 2.35. The van der Waals surface area contributed by atoms with E-state index in [0.29, 0.717) is 12.5 Å². The van der Waals surface area contributed by atoms with Crippen molar-refractivity contribution >= 4 is 12.3 Å². The van der Waals surface area contributed by atoms with E-state index in [1.54, 1.807) is 6.92 Å². The Hall–Kier alpha value is -1.68. The fourth-order valence-corrected chi connectivity index (χ4v) is 3.15. The monoisotopic (exact) mass is 289 g/mol. The van der Waals surface area contributed by atoms with Gasteiger partial charge in [0.2, 0.25) is 0 Å². The van der Waals surface area contributed by atoms with Crippen molar-refractivity contribution in [1.29, 1.82) is 0 Å². The lowest BCUT2D eigenvalue weighted by Crippen LogP contribution is -2.35. The van der Waals surface area contributed by atoms with Gasteiger partial charge in [-0.2, -0.15) is 0 Å². The molecule has 1 aromatic carbocycles. The van der Waals surface area contributed by atoms with Gasteiger partial charge in [-0.1, -0.05) is 24.3 Å². The fourth-order valence-electron chi connectivity index (χ4n) is 3.15. The smallest absolute Gasteiger partial charge is 0.310 e. The largest absolute Gasteiger partial charge is 0.481 e. The highest BCUT2D eigenvalue weighted by molar-refractivity contribution is 5.75. The molecule has 1 atom stereocenters. The predicted octanol–water partition coefficient (Wildman–Crippen LogP) is 2.46. The molecular formula is C17H23NO3. The average molecular weight is 289 g/mol. The molecule has 0 heterocycles. The van der Waals surface area contributed by atoms with E-state index >= 15 is 0 Å². The molecule has 0 bridgehead atoms. The van der Waals surface area contributed by atoms with E-state index in [0.717, 1.165) is 43.1 Å². The molecule has 4 heteroatoms. The zero-order valence-corrected chi connectivity index (χ0v) is 12.4. The third-order valence-corrected chi connectivity index (χ3v) is 4.91. The molecule has 1 unspecified atom stereocenters. The summed E-state index contributed by atoms with van der Waals surface area (Å²) < 4.78 is 0. The standard InChI is InChI=1S/C17H23NO3/c1-12(16(20)21)14-2-4-15(5-3-14)17(11-19)8-6-13(10-18)7-9-17/h2-5,11-13H,6-10,18H2,1H3,(H,20,21). The van der Waals surface area contributed by atoms with Crippen LogP contribution in [0.25, 0.3) is 0 Å². The number of rotatable bonds is 5. The van der Waals surface area contributed by atoms with E-state index in [1.165, 1.54) is 0 Å². The number of aldehydes is 1. The molecule has 0 radical (unpaired) electrons. The van der Waals surface area contributed by atoms with Crippen molar-refractivity contribution in [3.05, 3.63) is 35.4 Å². The van der Waals surface area contributed by atoms with Crippen LogP contribution >= 0.6 is 0 Å². The number of carbonyl (C=O) groups excluding carboxylic acids is 1. The molecule has 0 aliphatic heterocycles. The van der Waals surface area contributed by atoms with Gasteiger partial charge >= 0.3 is 5.97 Å². The number of benzene rings is 1. The second kappa shape index (κ2) is 6.39. The van der Waals surface area contributed by atoms with Crippen LogP contribution in [0.5, 0.6) is 0 Å². The van der Waals surface area contributed by atoms with Crippen molar-refractivity contribution in [2.45, 2.75) is 43.9 Å². The molecule has 0 saturated heterocycles. The molecule has 1 fully saturated rings. The van der Waals surface area contributed by atoms with Crippen molar-refractivity contribution in [3.63, 3.8) is 0 Å². The molecule has 1 aliphatic rings. The number of nitrogens with two attached hydrogens (primary N) is 1. The van der Waals surface area contributed by atoms with Gasteiger partial charge in [-0.25, -0.2) is 0 Å². The van der Waals surface area contributed by atoms with Gasteiger partial charge in [0.25, 0.3) is 0 Å². The fraction of sp³-hybridized carbons (Fsp3) is 0.529. The number of hydrogen-bond acceptors (Lipinski definition) is 3. The van der Waals surface area contributed by atoms with Gasteiger partial charge in [0.05, 0.1) is 11.3 Å². The number of carboxylic acid groups (broad SMARTS) is 1. The van der Waals surface area contributed by atoms with Gasteiger partial charge in [0.1, 0.15) is 6.29 Å². The zero-order valence-electron chi connectivity index (χ0n) is 12.4. The van der Waals surface area contributed by atoms with E-state index in [4.69, 9.17) is 10.8 Å². The van der Waals surface area contributed by atoms with Crippen LogP contribution in [0.3, 0.4) is 0 Å². The molecule has 0 aromatic heterocycles. The van der Waals surface area contributed by atoms with Crippen LogP contribution in [0.1, 0.15) is 49.7 Å². The summed E-state index contributed by atoms with van der Waals surface area (Å²) in [5.41, 5.74) is 7.05. The zero-order chi connectivity index (χ0) is 15.5. The Morgan fingerprint density at radius 1 is 1.38 bits per heavy atom.